The number of rotatable bonds is 12. The average Bonchev–Trinajstić information content (AvgIpc) is 3.78. The van der Waals surface area contributed by atoms with Crippen LogP contribution in [0, 0.1) is 0 Å². The van der Waals surface area contributed by atoms with Crippen LogP contribution in [0.15, 0.2) is 67.0 Å². The van der Waals surface area contributed by atoms with Crippen LogP contribution in [0.2, 0.25) is 0 Å². The minimum atomic E-state index is -5.15. The number of aromatic amines is 1. The molecule has 8 nitrogen and oxygen atoms in total. The van der Waals surface area contributed by atoms with E-state index in [2.05, 4.69) is 20.3 Å². The van der Waals surface area contributed by atoms with Crippen LogP contribution in [-0.4, -0.2) is 71.6 Å². The third-order valence-electron chi connectivity index (χ3n) is 9.26. The number of carbonyl (C=O) groups is 1. The zero-order valence-corrected chi connectivity index (χ0v) is 26.5. The number of halogens is 6. The van der Waals surface area contributed by atoms with Crippen LogP contribution in [0.5, 0.6) is 0 Å². The molecule has 4 aromatic rings. The molecule has 0 aliphatic heterocycles. The molecule has 0 bridgehead atoms. The number of aliphatic hydroxyl groups excluding tert-OH is 1. The summed E-state index contributed by atoms with van der Waals surface area (Å²) in [5.74, 6) is -0.710. The molecule has 0 saturated heterocycles. The summed E-state index contributed by atoms with van der Waals surface area (Å²) in [7, 11) is 0. The molecule has 1 aliphatic carbocycles. The lowest BCUT2D eigenvalue weighted by Crippen LogP contribution is -2.62. The van der Waals surface area contributed by atoms with Gasteiger partial charge in [0.25, 0.3) is 5.91 Å². The van der Waals surface area contributed by atoms with Gasteiger partial charge in [-0.05, 0) is 56.7 Å². The molecule has 2 aromatic carbocycles. The molecule has 2 aromatic heterocycles. The number of benzene rings is 2. The zero-order valence-electron chi connectivity index (χ0n) is 26.5. The number of hydrogen-bond acceptors (Lipinski definition) is 6. The third-order valence-corrected chi connectivity index (χ3v) is 9.26. The standard InChI is InChI=1S/C34H37F6N5O3/c1-20(46)31(2,33(35,36)37)45(18-21-8-5-4-6-9-21)19-23-11-7-10-22(14-23)15-27(32(3,48)34(38,39)40)44-30(47)25-16-41-29-28(25)43-26(17-42-29)24-12-13-24/h4-11,14,16-17,20,24,27,46,48H,12-13,15,18-19H2,1-3H3,(H,41,42)(H,44,47). The van der Waals surface area contributed by atoms with Crippen molar-refractivity contribution in [2.24, 2.45) is 0 Å². The number of fused-ring (bicyclic) bond motifs is 1. The summed E-state index contributed by atoms with van der Waals surface area (Å²) in [6.45, 7) is 2.00. The predicted octanol–water partition coefficient (Wildman–Crippen LogP) is 6.19. The predicted molar refractivity (Wildman–Crippen MR) is 166 cm³/mol. The second kappa shape index (κ2) is 13.1. The number of alkyl halides is 6. The van der Waals surface area contributed by atoms with Gasteiger partial charge in [0.2, 0.25) is 0 Å². The lowest BCUT2D eigenvalue weighted by molar-refractivity contribution is -0.261. The summed E-state index contributed by atoms with van der Waals surface area (Å²) in [5, 5.41) is 23.5. The van der Waals surface area contributed by atoms with E-state index < -0.39 is 48.0 Å². The van der Waals surface area contributed by atoms with Crippen molar-refractivity contribution >= 4 is 17.1 Å². The summed E-state index contributed by atoms with van der Waals surface area (Å²) in [4.78, 5) is 26.1. The van der Waals surface area contributed by atoms with E-state index in [0.29, 0.717) is 23.7 Å². The van der Waals surface area contributed by atoms with E-state index >= 15 is 0 Å². The summed E-state index contributed by atoms with van der Waals surface area (Å²) >= 11 is 0. The molecular weight excluding hydrogens is 640 g/mol. The number of aromatic nitrogens is 3. The highest BCUT2D eigenvalue weighted by atomic mass is 19.4. The molecule has 258 valence electrons. The van der Waals surface area contributed by atoms with E-state index in [1.807, 2.05) is 0 Å². The molecule has 1 amide bonds. The first kappa shape index (κ1) is 35.3. The first-order valence-corrected chi connectivity index (χ1v) is 15.5. The van der Waals surface area contributed by atoms with Gasteiger partial charge in [0.1, 0.15) is 11.1 Å². The molecule has 4 N–H and O–H groups in total. The van der Waals surface area contributed by atoms with Gasteiger partial charge in [-0.1, -0.05) is 54.6 Å². The molecular formula is C34H37F6N5O3. The van der Waals surface area contributed by atoms with E-state index in [0.717, 1.165) is 31.6 Å². The van der Waals surface area contributed by atoms with Gasteiger partial charge < -0.3 is 20.5 Å². The topological polar surface area (TPSA) is 114 Å². The van der Waals surface area contributed by atoms with Gasteiger partial charge in [0, 0.05) is 25.2 Å². The van der Waals surface area contributed by atoms with Crippen LogP contribution in [0.25, 0.3) is 11.2 Å². The van der Waals surface area contributed by atoms with Gasteiger partial charge in [-0.25, -0.2) is 9.97 Å². The average molecular weight is 678 g/mol. The quantitative estimate of drug-likeness (QED) is 0.133. The Morgan fingerprint density at radius 3 is 2.21 bits per heavy atom. The molecule has 0 spiro atoms. The van der Waals surface area contributed by atoms with E-state index in [4.69, 9.17) is 0 Å². The maximum Gasteiger partial charge on any atom is 0.418 e. The van der Waals surface area contributed by atoms with Gasteiger partial charge in [-0.3, -0.25) is 9.69 Å². The first-order chi connectivity index (χ1) is 22.4. The highest BCUT2D eigenvalue weighted by Gasteiger charge is 2.58. The smallest absolute Gasteiger partial charge is 0.391 e. The second-order valence-electron chi connectivity index (χ2n) is 12.8. The Bertz CT molecular complexity index is 1740. The molecule has 4 unspecified atom stereocenters. The number of H-pyrrole nitrogens is 1. The fourth-order valence-electron chi connectivity index (χ4n) is 5.66. The molecule has 5 rings (SSSR count). The SMILES string of the molecule is CC(O)C(C)(N(Cc1ccccc1)Cc1cccc(CC(NC(=O)c2c[nH]c3ncc(C4CC4)nc23)C(C)(O)C(F)(F)F)c1)C(F)(F)F. The monoisotopic (exact) mass is 677 g/mol. The fourth-order valence-corrected chi connectivity index (χ4v) is 5.66. The highest BCUT2D eigenvalue weighted by Crippen LogP contribution is 2.41. The van der Waals surface area contributed by atoms with Crippen molar-refractivity contribution < 1.29 is 41.4 Å². The number of nitrogens with zero attached hydrogens (tertiary/aromatic N) is 3. The number of nitrogens with one attached hydrogen (secondary N) is 2. The van der Waals surface area contributed by atoms with Gasteiger partial charge in [0.15, 0.2) is 11.2 Å². The second-order valence-corrected chi connectivity index (χ2v) is 12.8. The van der Waals surface area contributed by atoms with Gasteiger partial charge in [-0.15, -0.1) is 0 Å². The maximum absolute atomic E-state index is 14.5. The summed E-state index contributed by atoms with van der Waals surface area (Å²) in [5.41, 5.74) is -3.89. The van der Waals surface area contributed by atoms with E-state index in [1.165, 1.54) is 30.5 Å². The number of hydrogen-bond donors (Lipinski definition) is 4. The lowest BCUT2D eigenvalue weighted by Gasteiger charge is -2.44. The Labute approximate surface area is 273 Å². The molecule has 14 heteroatoms. The zero-order chi connectivity index (χ0) is 35.1. The van der Waals surface area contributed by atoms with Crippen molar-refractivity contribution in [1.29, 1.82) is 0 Å². The first-order valence-electron chi connectivity index (χ1n) is 15.5. The van der Waals surface area contributed by atoms with Crippen LogP contribution < -0.4 is 5.32 Å². The number of aliphatic hydroxyl groups is 2. The van der Waals surface area contributed by atoms with E-state index in [1.54, 1.807) is 36.5 Å². The summed E-state index contributed by atoms with van der Waals surface area (Å²) < 4.78 is 86.1. The Kier molecular flexibility index (Phi) is 9.65. The van der Waals surface area contributed by atoms with Crippen LogP contribution in [0.1, 0.15) is 72.3 Å². The highest BCUT2D eigenvalue weighted by molar-refractivity contribution is 6.04. The molecule has 1 aliphatic rings. The molecule has 1 fully saturated rings. The van der Waals surface area contributed by atoms with Crippen molar-refractivity contribution in [3.05, 3.63) is 94.9 Å². The van der Waals surface area contributed by atoms with Gasteiger partial charge in [0.05, 0.1) is 29.6 Å². The normalized spacial score (nSPS) is 17.9. The third kappa shape index (κ3) is 7.20. The largest absolute Gasteiger partial charge is 0.418 e. The number of amides is 1. The van der Waals surface area contributed by atoms with Gasteiger partial charge in [-0.2, -0.15) is 26.3 Å². The molecule has 4 atom stereocenters. The maximum atomic E-state index is 14.5. The van der Waals surface area contributed by atoms with E-state index in [-0.39, 0.29) is 41.3 Å². The molecule has 0 radical (unpaired) electrons. The van der Waals surface area contributed by atoms with Crippen LogP contribution in [-0.2, 0) is 19.5 Å². The van der Waals surface area contributed by atoms with Crippen molar-refractivity contribution in [3.8, 4) is 0 Å². The van der Waals surface area contributed by atoms with E-state index in [9.17, 15) is 41.4 Å². The van der Waals surface area contributed by atoms with Gasteiger partial charge >= 0.3 is 12.4 Å². The van der Waals surface area contributed by atoms with Crippen molar-refractivity contribution in [2.45, 2.75) is 94.7 Å². The molecule has 2 heterocycles. The molecule has 48 heavy (non-hydrogen) atoms. The Morgan fingerprint density at radius 1 is 0.979 bits per heavy atom. The van der Waals surface area contributed by atoms with Crippen molar-refractivity contribution in [3.63, 3.8) is 0 Å². The lowest BCUT2D eigenvalue weighted by atomic mass is 9.88. The van der Waals surface area contributed by atoms with Crippen molar-refractivity contribution in [1.82, 2.24) is 25.2 Å². The Balaban J connectivity index is 1.45. The number of carbonyl (C=O) groups excluding carboxylic acids is 1. The summed E-state index contributed by atoms with van der Waals surface area (Å²) in [6.07, 6.45) is -7.64. The van der Waals surface area contributed by atoms with Crippen LogP contribution >= 0.6 is 0 Å². The fraction of sp³-hybridized carbons (Fsp3) is 0.441. The summed E-state index contributed by atoms with van der Waals surface area (Å²) in [6, 6.07) is 12.4. The minimum absolute atomic E-state index is 0.0437. The van der Waals surface area contributed by atoms with Crippen LogP contribution in [0.3, 0.4) is 0 Å². The minimum Gasteiger partial charge on any atom is -0.391 e. The van der Waals surface area contributed by atoms with Crippen molar-refractivity contribution in [2.75, 3.05) is 0 Å². The van der Waals surface area contributed by atoms with Crippen LogP contribution in [0.4, 0.5) is 26.3 Å². The molecule has 1 saturated carbocycles. The Hall–Kier alpha value is -4.01. The Morgan fingerprint density at radius 2 is 1.60 bits per heavy atom.